The zero-order chi connectivity index (χ0) is 12.1. The van der Waals surface area contributed by atoms with E-state index in [1.807, 2.05) is 0 Å². The van der Waals surface area contributed by atoms with E-state index in [4.69, 9.17) is 4.74 Å². The summed E-state index contributed by atoms with van der Waals surface area (Å²) < 4.78 is 5.23. The van der Waals surface area contributed by atoms with E-state index in [9.17, 15) is 9.90 Å². The van der Waals surface area contributed by atoms with Crippen LogP contribution in [-0.4, -0.2) is 72.9 Å². The van der Waals surface area contributed by atoms with Crippen LogP contribution in [0.25, 0.3) is 0 Å². The van der Waals surface area contributed by atoms with Crippen molar-refractivity contribution < 1.29 is 14.6 Å². The van der Waals surface area contributed by atoms with Gasteiger partial charge >= 0.3 is 0 Å². The number of amides is 1. The number of aliphatic hydroxyl groups is 1. The van der Waals surface area contributed by atoms with E-state index in [-0.39, 0.29) is 12.0 Å². The van der Waals surface area contributed by atoms with Crippen molar-refractivity contribution in [2.75, 3.05) is 45.9 Å². The van der Waals surface area contributed by atoms with Crippen LogP contribution in [0.4, 0.5) is 0 Å². The second-order valence-corrected chi connectivity index (χ2v) is 4.38. The molecule has 0 aromatic heterocycles. The molecule has 0 aliphatic carbocycles. The van der Waals surface area contributed by atoms with E-state index < -0.39 is 0 Å². The molecule has 1 N–H and O–H groups in total. The number of carbonyl (C=O) groups is 1. The molecule has 0 radical (unpaired) electrons. The Hall–Kier alpha value is -1.09. The molecule has 1 atom stereocenters. The van der Waals surface area contributed by atoms with Crippen molar-refractivity contribution in [3.63, 3.8) is 0 Å². The standard InChI is InChI=1S/C12H18N2O3/c15-11-3-5-14(10-11)12(16)2-1-4-13-6-8-17-9-7-13/h11,15H,3-10H2/t11-/m0/s1. The van der Waals surface area contributed by atoms with Crippen LogP contribution < -0.4 is 0 Å². The molecule has 0 aromatic carbocycles. The van der Waals surface area contributed by atoms with Crippen molar-refractivity contribution >= 4 is 5.91 Å². The van der Waals surface area contributed by atoms with E-state index in [2.05, 4.69) is 16.7 Å². The fraction of sp³-hybridized carbons (Fsp3) is 0.750. The molecule has 0 bridgehead atoms. The first-order valence-electron chi connectivity index (χ1n) is 6.01. The Labute approximate surface area is 101 Å². The number of ether oxygens (including phenoxy) is 1. The lowest BCUT2D eigenvalue weighted by Gasteiger charge is -2.24. The van der Waals surface area contributed by atoms with Gasteiger partial charge in [-0.3, -0.25) is 9.69 Å². The predicted octanol–water partition coefficient (Wildman–Crippen LogP) is -1.08. The highest BCUT2D eigenvalue weighted by Gasteiger charge is 2.23. The fourth-order valence-corrected chi connectivity index (χ4v) is 1.99. The zero-order valence-corrected chi connectivity index (χ0v) is 9.89. The lowest BCUT2D eigenvalue weighted by Crippen LogP contribution is -2.36. The number of hydrogen-bond acceptors (Lipinski definition) is 4. The Balaban J connectivity index is 1.74. The second-order valence-electron chi connectivity index (χ2n) is 4.38. The average molecular weight is 238 g/mol. The monoisotopic (exact) mass is 238 g/mol. The Morgan fingerprint density at radius 3 is 2.76 bits per heavy atom. The summed E-state index contributed by atoms with van der Waals surface area (Å²) in [5.41, 5.74) is 0. The Bertz CT molecular complexity index is 328. The molecule has 5 nitrogen and oxygen atoms in total. The Morgan fingerprint density at radius 2 is 2.12 bits per heavy atom. The van der Waals surface area contributed by atoms with Gasteiger partial charge < -0.3 is 14.7 Å². The lowest BCUT2D eigenvalue weighted by atomic mass is 10.3. The second kappa shape index (κ2) is 6.01. The maximum absolute atomic E-state index is 11.6. The third-order valence-corrected chi connectivity index (χ3v) is 3.05. The lowest BCUT2D eigenvalue weighted by molar-refractivity contribution is -0.124. The van der Waals surface area contributed by atoms with Crippen LogP contribution in [0.2, 0.25) is 0 Å². The van der Waals surface area contributed by atoms with E-state index in [1.54, 1.807) is 4.90 Å². The van der Waals surface area contributed by atoms with Crippen molar-refractivity contribution in [2.24, 2.45) is 0 Å². The molecule has 0 unspecified atom stereocenters. The van der Waals surface area contributed by atoms with Gasteiger partial charge in [0.05, 0.1) is 25.9 Å². The number of nitrogens with zero attached hydrogens (tertiary/aromatic N) is 2. The van der Waals surface area contributed by atoms with Crippen LogP contribution in [-0.2, 0) is 9.53 Å². The molecule has 5 heteroatoms. The molecule has 2 aliphatic rings. The Kier molecular flexibility index (Phi) is 4.37. The number of β-amino-alcohol motifs (C(OH)–C–C–N with tert-alkyl or cyclic N) is 1. The highest BCUT2D eigenvalue weighted by molar-refractivity contribution is 5.93. The van der Waals surface area contributed by atoms with Crippen molar-refractivity contribution in [1.82, 2.24) is 9.80 Å². The minimum absolute atomic E-state index is 0.171. The highest BCUT2D eigenvalue weighted by atomic mass is 16.5. The van der Waals surface area contributed by atoms with E-state index >= 15 is 0 Å². The first-order chi connectivity index (χ1) is 8.25. The summed E-state index contributed by atoms with van der Waals surface area (Å²) in [5, 5.41) is 9.31. The fourth-order valence-electron chi connectivity index (χ4n) is 1.99. The molecular formula is C12H18N2O3. The van der Waals surface area contributed by atoms with Gasteiger partial charge in [-0.25, -0.2) is 0 Å². The molecular weight excluding hydrogens is 220 g/mol. The summed E-state index contributed by atoms with van der Waals surface area (Å²) in [7, 11) is 0. The van der Waals surface area contributed by atoms with Crippen LogP contribution in [0.1, 0.15) is 6.42 Å². The Morgan fingerprint density at radius 1 is 1.35 bits per heavy atom. The van der Waals surface area contributed by atoms with Gasteiger partial charge in [-0.15, -0.1) is 0 Å². The quantitative estimate of drug-likeness (QED) is 0.590. The summed E-state index contributed by atoms with van der Waals surface area (Å²) in [4.78, 5) is 15.4. The minimum atomic E-state index is -0.375. The summed E-state index contributed by atoms with van der Waals surface area (Å²) >= 11 is 0. The normalized spacial score (nSPS) is 25.5. The summed E-state index contributed by atoms with van der Waals surface area (Å²) in [5.74, 6) is 5.36. The number of likely N-dealkylation sites (tertiary alicyclic amines) is 1. The first-order valence-corrected chi connectivity index (χ1v) is 6.01. The van der Waals surface area contributed by atoms with Crippen molar-refractivity contribution in [1.29, 1.82) is 0 Å². The van der Waals surface area contributed by atoms with Gasteiger partial charge in [-0.1, -0.05) is 5.92 Å². The van der Waals surface area contributed by atoms with Gasteiger partial charge in [0.15, 0.2) is 0 Å². The van der Waals surface area contributed by atoms with Crippen LogP contribution in [0, 0.1) is 11.8 Å². The molecule has 17 heavy (non-hydrogen) atoms. The maximum Gasteiger partial charge on any atom is 0.298 e. The average Bonchev–Trinajstić information content (AvgIpc) is 2.77. The number of aliphatic hydroxyl groups excluding tert-OH is 1. The van der Waals surface area contributed by atoms with Crippen molar-refractivity contribution in [2.45, 2.75) is 12.5 Å². The van der Waals surface area contributed by atoms with Crippen molar-refractivity contribution in [3.8, 4) is 11.8 Å². The summed E-state index contributed by atoms with van der Waals surface area (Å²) in [6.45, 7) is 4.90. The topological polar surface area (TPSA) is 53.0 Å². The van der Waals surface area contributed by atoms with Crippen LogP contribution in [0.15, 0.2) is 0 Å². The molecule has 0 aromatic rings. The van der Waals surface area contributed by atoms with Crippen molar-refractivity contribution in [3.05, 3.63) is 0 Å². The number of carbonyl (C=O) groups excluding carboxylic acids is 1. The van der Waals surface area contributed by atoms with Crippen LogP contribution in [0.5, 0.6) is 0 Å². The van der Waals surface area contributed by atoms with E-state index in [0.717, 1.165) is 26.3 Å². The number of morpholine rings is 1. The van der Waals surface area contributed by atoms with Gasteiger partial charge in [0.25, 0.3) is 5.91 Å². The predicted molar refractivity (Wildman–Crippen MR) is 62.2 cm³/mol. The molecule has 2 heterocycles. The highest BCUT2D eigenvalue weighted by Crippen LogP contribution is 2.07. The largest absolute Gasteiger partial charge is 0.391 e. The first kappa shape index (κ1) is 12.4. The summed E-state index contributed by atoms with van der Waals surface area (Å²) in [6.07, 6.45) is 0.289. The van der Waals surface area contributed by atoms with E-state index in [1.165, 1.54) is 0 Å². The van der Waals surface area contributed by atoms with Gasteiger partial charge in [0, 0.05) is 26.2 Å². The zero-order valence-electron chi connectivity index (χ0n) is 9.89. The maximum atomic E-state index is 11.6. The third-order valence-electron chi connectivity index (χ3n) is 3.05. The van der Waals surface area contributed by atoms with Gasteiger partial charge in [-0.2, -0.15) is 0 Å². The molecule has 0 spiro atoms. The molecule has 94 valence electrons. The molecule has 2 rings (SSSR count). The van der Waals surface area contributed by atoms with Crippen LogP contribution in [0.3, 0.4) is 0 Å². The van der Waals surface area contributed by atoms with Gasteiger partial charge in [-0.05, 0) is 12.3 Å². The van der Waals surface area contributed by atoms with Gasteiger partial charge in [0.1, 0.15) is 0 Å². The molecule has 1 amide bonds. The third kappa shape index (κ3) is 3.70. The molecule has 2 fully saturated rings. The van der Waals surface area contributed by atoms with Gasteiger partial charge in [0.2, 0.25) is 0 Å². The minimum Gasteiger partial charge on any atom is -0.391 e. The number of rotatable bonds is 1. The smallest absolute Gasteiger partial charge is 0.298 e. The number of hydrogen-bond donors (Lipinski definition) is 1. The molecule has 2 aliphatic heterocycles. The SMILES string of the molecule is O=C(C#CCN1CCOCC1)N1CC[C@H](O)C1. The van der Waals surface area contributed by atoms with E-state index in [0.29, 0.717) is 26.1 Å². The molecule has 0 saturated carbocycles. The molecule has 2 saturated heterocycles. The summed E-state index contributed by atoms with van der Waals surface area (Å²) in [6, 6.07) is 0. The van der Waals surface area contributed by atoms with Crippen LogP contribution >= 0.6 is 0 Å².